The SMILES string of the molecule is CC1CCC(C2CCC3(CC2)CC(=O)c2ccc(OC(=O)c4cc(N)cc(N)c4)cc2O3)CC1. The van der Waals surface area contributed by atoms with Gasteiger partial charge in [-0.15, -0.1) is 0 Å². The number of hydrogen-bond donors (Lipinski definition) is 2. The monoisotopic (exact) mass is 462 g/mol. The molecule has 6 nitrogen and oxygen atoms in total. The van der Waals surface area contributed by atoms with Crippen LogP contribution in [0.1, 0.15) is 85.4 Å². The summed E-state index contributed by atoms with van der Waals surface area (Å²) < 4.78 is 12.0. The van der Waals surface area contributed by atoms with Gasteiger partial charge in [0.25, 0.3) is 0 Å². The van der Waals surface area contributed by atoms with Crippen LogP contribution in [0.5, 0.6) is 11.5 Å². The van der Waals surface area contributed by atoms with Crippen LogP contribution in [0, 0.1) is 17.8 Å². The van der Waals surface area contributed by atoms with Crippen LogP contribution in [0.4, 0.5) is 11.4 Å². The molecule has 180 valence electrons. The van der Waals surface area contributed by atoms with Crippen molar-refractivity contribution in [3.8, 4) is 11.5 Å². The van der Waals surface area contributed by atoms with E-state index < -0.39 is 11.6 Å². The predicted octanol–water partition coefficient (Wildman–Crippen LogP) is 5.79. The first-order valence-electron chi connectivity index (χ1n) is 12.5. The number of ether oxygens (including phenoxy) is 2. The molecule has 2 saturated carbocycles. The molecule has 2 aromatic carbocycles. The van der Waals surface area contributed by atoms with Crippen LogP contribution in [0.3, 0.4) is 0 Å². The Kier molecular flexibility index (Phi) is 6.00. The van der Waals surface area contributed by atoms with Gasteiger partial charge in [0, 0.05) is 17.4 Å². The van der Waals surface area contributed by atoms with E-state index in [4.69, 9.17) is 20.9 Å². The molecule has 0 aromatic heterocycles. The van der Waals surface area contributed by atoms with Crippen molar-refractivity contribution in [1.29, 1.82) is 0 Å². The first kappa shape index (κ1) is 22.8. The van der Waals surface area contributed by atoms with Crippen LogP contribution < -0.4 is 20.9 Å². The average molecular weight is 463 g/mol. The number of hydrogen-bond acceptors (Lipinski definition) is 6. The molecule has 0 saturated heterocycles. The number of rotatable bonds is 3. The molecular weight excluding hydrogens is 428 g/mol. The average Bonchev–Trinajstić information content (AvgIpc) is 2.79. The summed E-state index contributed by atoms with van der Waals surface area (Å²) >= 11 is 0. The highest BCUT2D eigenvalue weighted by molar-refractivity contribution is 6.01. The number of nitrogen functional groups attached to an aromatic ring is 2. The van der Waals surface area contributed by atoms with Crippen molar-refractivity contribution in [3.05, 3.63) is 47.5 Å². The Morgan fingerprint density at radius 1 is 0.941 bits per heavy atom. The van der Waals surface area contributed by atoms with E-state index in [1.165, 1.54) is 37.8 Å². The number of nitrogens with two attached hydrogens (primary N) is 2. The molecule has 2 fully saturated rings. The largest absolute Gasteiger partial charge is 0.486 e. The fraction of sp³-hybridized carbons (Fsp3) is 0.500. The van der Waals surface area contributed by atoms with Crippen molar-refractivity contribution in [3.63, 3.8) is 0 Å². The molecule has 5 rings (SSSR count). The number of anilines is 2. The third kappa shape index (κ3) is 4.63. The molecule has 4 N–H and O–H groups in total. The van der Waals surface area contributed by atoms with E-state index in [0.717, 1.165) is 43.4 Å². The van der Waals surface area contributed by atoms with E-state index in [1.807, 2.05) is 0 Å². The van der Waals surface area contributed by atoms with Gasteiger partial charge in [-0.25, -0.2) is 4.79 Å². The van der Waals surface area contributed by atoms with Crippen molar-refractivity contribution in [2.75, 3.05) is 11.5 Å². The summed E-state index contributed by atoms with van der Waals surface area (Å²) in [6, 6.07) is 9.62. The second kappa shape index (κ2) is 8.97. The van der Waals surface area contributed by atoms with Crippen molar-refractivity contribution in [2.45, 2.75) is 70.3 Å². The quantitative estimate of drug-likeness (QED) is 0.340. The van der Waals surface area contributed by atoms with E-state index in [9.17, 15) is 9.59 Å². The number of carbonyl (C=O) groups is 2. The van der Waals surface area contributed by atoms with Gasteiger partial charge in [0.05, 0.1) is 17.5 Å². The van der Waals surface area contributed by atoms with Gasteiger partial charge in [-0.05, 0) is 86.6 Å². The molecule has 0 radical (unpaired) electrons. The Morgan fingerprint density at radius 2 is 1.59 bits per heavy atom. The van der Waals surface area contributed by atoms with Crippen LogP contribution in [0.25, 0.3) is 0 Å². The second-order valence-electron chi connectivity index (χ2n) is 10.7. The Balaban J connectivity index is 1.28. The van der Waals surface area contributed by atoms with Crippen LogP contribution in [-0.4, -0.2) is 17.4 Å². The van der Waals surface area contributed by atoms with Gasteiger partial charge in [-0.3, -0.25) is 4.79 Å². The van der Waals surface area contributed by atoms with E-state index in [1.54, 1.807) is 24.3 Å². The van der Waals surface area contributed by atoms with Crippen LogP contribution in [-0.2, 0) is 0 Å². The molecular formula is C28H34N2O4. The number of ketones is 1. The molecule has 6 heteroatoms. The summed E-state index contributed by atoms with van der Waals surface area (Å²) in [6.07, 6.45) is 9.85. The van der Waals surface area contributed by atoms with Gasteiger partial charge in [0.1, 0.15) is 17.1 Å². The van der Waals surface area contributed by atoms with Crippen LogP contribution in [0.2, 0.25) is 0 Å². The minimum absolute atomic E-state index is 0.104. The van der Waals surface area contributed by atoms with E-state index in [0.29, 0.717) is 34.9 Å². The summed E-state index contributed by atoms with van der Waals surface area (Å²) in [5, 5.41) is 0. The maximum Gasteiger partial charge on any atom is 0.343 e. The lowest BCUT2D eigenvalue weighted by atomic mass is 9.67. The van der Waals surface area contributed by atoms with Crippen LogP contribution >= 0.6 is 0 Å². The van der Waals surface area contributed by atoms with Gasteiger partial charge in [0.2, 0.25) is 0 Å². The first-order chi connectivity index (χ1) is 16.3. The summed E-state index contributed by atoms with van der Waals surface area (Å²) in [5.41, 5.74) is 12.8. The fourth-order valence-electron chi connectivity index (χ4n) is 6.17. The molecule has 2 aromatic rings. The maximum absolute atomic E-state index is 13.0. The predicted molar refractivity (Wildman–Crippen MR) is 132 cm³/mol. The third-order valence-corrected chi connectivity index (χ3v) is 8.16. The number of Topliss-reactive ketones (excluding diaryl/α,β-unsaturated/α-hetero) is 1. The smallest absolute Gasteiger partial charge is 0.343 e. The van der Waals surface area contributed by atoms with Gasteiger partial charge in [-0.1, -0.05) is 19.8 Å². The van der Waals surface area contributed by atoms with Crippen molar-refractivity contribution in [2.24, 2.45) is 17.8 Å². The number of benzene rings is 2. The Hall–Kier alpha value is -3.02. The topological polar surface area (TPSA) is 105 Å². The van der Waals surface area contributed by atoms with Gasteiger partial charge in [-0.2, -0.15) is 0 Å². The Morgan fingerprint density at radius 3 is 2.26 bits per heavy atom. The zero-order valence-electron chi connectivity index (χ0n) is 19.8. The van der Waals surface area contributed by atoms with Gasteiger partial charge >= 0.3 is 5.97 Å². The molecule has 0 unspecified atom stereocenters. The first-order valence-corrected chi connectivity index (χ1v) is 12.5. The van der Waals surface area contributed by atoms with Gasteiger partial charge in [0.15, 0.2) is 5.78 Å². The summed E-state index contributed by atoms with van der Waals surface area (Å²) in [6.45, 7) is 2.36. The molecule has 3 aliphatic rings. The Labute approximate surface area is 201 Å². The highest BCUT2D eigenvalue weighted by Crippen LogP contribution is 2.48. The molecule has 0 amide bonds. The lowest BCUT2D eigenvalue weighted by Gasteiger charge is -2.45. The van der Waals surface area contributed by atoms with E-state index in [-0.39, 0.29) is 11.3 Å². The van der Waals surface area contributed by atoms with Crippen molar-refractivity contribution < 1.29 is 19.1 Å². The lowest BCUT2D eigenvalue weighted by Crippen LogP contribution is -2.45. The molecule has 1 heterocycles. The molecule has 1 spiro atoms. The summed E-state index contributed by atoms with van der Waals surface area (Å²) in [5.74, 6) is 2.83. The standard InChI is InChI=1S/C28H34N2O4/c1-17-2-4-18(5-3-17)19-8-10-28(11-9-19)16-25(31)24-7-6-23(15-26(24)34-28)33-27(32)20-12-21(29)14-22(30)13-20/h6-7,12-15,17-19H,2-5,8-11,16,29-30H2,1H3. The zero-order valence-corrected chi connectivity index (χ0v) is 19.8. The highest BCUT2D eigenvalue weighted by atomic mass is 16.5. The molecule has 1 aliphatic heterocycles. The fourth-order valence-corrected chi connectivity index (χ4v) is 6.17. The van der Waals surface area contributed by atoms with E-state index in [2.05, 4.69) is 6.92 Å². The Bertz CT molecular complexity index is 1080. The summed E-state index contributed by atoms with van der Waals surface area (Å²) in [4.78, 5) is 25.6. The van der Waals surface area contributed by atoms with Gasteiger partial charge < -0.3 is 20.9 Å². The van der Waals surface area contributed by atoms with Crippen molar-refractivity contribution >= 4 is 23.1 Å². The molecule has 34 heavy (non-hydrogen) atoms. The minimum Gasteiger partial charge on any atom is -0.486 e. The molecule has 2 aliphatic carbocycles. The van der Waals surface area contributed by atoms with Crippen molar-refractivity contribution in [1.82, 2.24) is 0 Å². The van der Waals surface area contributed by atoms with Crippen LogP contribution in [0.15, 0.2) is 36.4 Å². The van der Waals surface area contributed by atoms with E-state index >= 15 is 0 Å². The molecule has 0 bridgehead atoms. The second-order valence-corrected chi connectivity index (χ2v) is 10.7. The number of carbonyl (C=O) groups excluding carboxylic acids is 2. The summed E-state index contributed by atoms with van der Waals surface area (Å²) in [7, 11) is 0. The zero-order chi connectivity index (χ0) is 23.9. The highest BCUT2D eigenvalue weighted by Gasteiger charge is 2.44. The third-order valence-electron chi connectivity index (χ3n) is 8.16. The molecule has 0 atom stereocenters. The normalized spacial score (nSPS) is 28.7. The number of fused-ring (bicyclic) bond motifs is 1. The minimum atomic E-state index is -0.557. The number of esters is 1. The maximum atomic E-state index is 13.0. The lowest BCUT2D eigenvalue weighted by molar-refractivity contribution is -0.00913.